The van der Waals surface area contributed by atoms with E-state index < -0.39 is 34.8 Å². The highest BCUT2D eigenvalue weighted by molar-refractivity contribution is 8.01. The fraction of sp³-hybridized carbons (Fsp3) is 0.438. The van der Waals surface area contributed by atoms with E-state index >= 15 is 0 Å². The van der Waals surface area contributed by atoms with Crippen molar-refractivity contribution in [1.29, 1.82) is 0 Å². The molecule has 0 radical (unpaired) electrons. The third-order valence-corrected chi connectivity index (χ3v) is 4.96. The minimum atomic E-state index is -4.50. The van der Waals surface area contributed by atoms with Gasteiger partial charge in [-0.3, -0.25) is 14.4 Å². The second kappa shape index (κ2) is 7.56. The topological polar surface area (TPSA) is 78.5 Å². The maximum Gasteiger partial charge on any atom is 0.416 e. The SMILES string of the molecule is C[C@@H](NC(=O)C[C@H]1Sc2ccc(C(F)(F)F)cc2NC1=O)C(=O)N(C)C. The Balaban J connectivity index is 2.04. The van der Waals surface area contributed by atoms with Gasteiger partial charge in [0.15, 0.2) is 0 Å². The monoisotopic (exact) mass is 389 g/mol. The van der Waals surface area contributed by atoms with Gasteiger partial charge in [0.2, 0.25) is 17.7 Å². The Morgan fingerprint density at radius 3 is 2.58 bits per heavy atom. The summed E-state index contributed by atoms with van der Waals surface area (Å²) in [5.74, 6) is -1.33. The lowest BCUT2D eigenvalue weighted by atomic mass is 10.1. The first-order valence-corrected chi connectivity index (χ1v) is 8.56. The first-order valence-electron chi connectivity index (χ1n) is 7.68. The minimum absolute atomic E-state index is 0.0719. The number of amides is 3. The summed E-state index contributed by atoms with van der Waals surface area (Å²) in [6.45, 7) is 1.53. The predicted molar refractivity (Wildman–Crippen MR) is 90.6 cm³/mol. The van der Waals surface area contributed by atoms with Crippen LogP contribution >= 0.6 is 11.8 Å². The van der Waals surface area contributed by atoms with Crippen molar-refractivity contribution in [3.63, 3.8) is 0 Å². The largest absolute Gasteiger partial charge is 0.416 e. The van der Waals surface area contributed by atoms with Crippen LogP contribution in [0.25, 0.3) is 0 Å². The number of hydrogen-bond donors (Lipinski definition) is 2. The van der Waals surface area contributed by atoms with E-state index in [0.29, 0.717) is 4.90 Å². The Morgan fingerprint density at radius 2 is 2.00 bits per heavy atom. The average Bonchev–Trinajstić information content (AvgIpc) is 2.53. The lowest BCUT2D eigenvalue weighted by molar-refractivity contribution is -0.137. The molecule has 142 valence electrons. The van der Waals surface area contributed by atoms with Gasteiger partial charge in [0.05, 0.1) is 16.5 Å². The first kappa shape index (κ1) is 20.1. The molecule has 3 amide bonds. The van der Waals surface area contributed by atoms with Crippen molar-refractivity contribution >= 4 is 35.2 Å². The van der Waals surface area contributed by atoms with Crippen LogP contribution < -0.4 is 10.6 Å². The molecule has 0 aliphatic carbocycles. The van der Waals surface area contributed by atoms with E-state index in [1.54, 1.807) is 14.1 Å². The number of rotatable bonds is 4. The Kier molecular flexibility index (Phi) is 5.84. The number of thioether (sulfide) groups is 1. The highest BCUT2D eigenvalue weighted by Gasteiger charge is 2.34. The van der Waals surface area contributed by atoms with Gasteiger partial charge < -0.3 is 15.5 Å². The van der Waals surface area contributed by atoms with Crippen LogP contribution in [0.15, 0.2) is 23.1 Å². The van der Waals surface area contributed by atoms with E-state index in [0.717, 1.165) is 23.9 Å². The number of benzene rings is 1. The highest BCUT2D eigenvalue weighted by atomic mass is 32.2. The van der Waals surface area contributed by atoms with Crippen molar-refractivity contribution in [1.82, 2.24) is 10.2 Å². The van der Waals surface area contributed by atoms with Gasteiger partial charge in [0.1, 0.15) is 6.04 Å². The van der Waals surface area contributed by atoms with E-state index in [2.05, 4.69) is 10.6 Å². The minimum Gasteiger partial charge on any atom is -0.347 e. The molecule has 0 aromatic heterocycles. The van der Waals surface area contributed by atoms with Gasteiger partial charge >= 0.3 is 6.18 Å². The molecule has 10 heteroatoms. The van der Waals surface area contributed by atoms with Crippen LogP contribution in [0, 0.1) is 0 Å². The van der Waals surface area contributed by atoms with Crippen LogP contribution in [-0.2, 0) is 20.6 Å². The fourth-order valence-electron chi connectivity index (χ4n) is 2.38. The smallest absolute Gasteiger partial charge is 0.347 e. The molecule has 1 aromatic carbocycles. The van der Waals surface area contributed by atoms with Gasteiger partial charge in [-0.1, -0.05) is 0 Å². The molecular weight excluding hydrogens is 371 g/mol. The van der Waals surface area contributed by atoms with Gasteiger partial charge in [-0.15, -0.1) is 11.8 Å². The summed E-state index contributed by atoms with van der Waals surface area (Å²) < 4.78 is 38.2. The Morgan fingerprint density at radius 1 is 1.35 bits per heavy atom. The lowest BCUT2D eigenvalue weighted by Crippen LogP contribution is -2.45. The molecule has 1 aromatic rings. The molecule has 1 aliphatic heterocycles. The van der Waals surface area contributed by atoms with E-state index in [1.807, 2.05) is 0 Å². The number of fused-ring (bicyclic) bond motifs is 1. The number of alkyl halides is 3. The van der Waals surface area contributed by atoms with Crippen LogP contribution in [0.2, 0.25) is 0 Å². The average molecular weight is 389 g/mol. The molecule has 0 saturated carbocycles. The Hall–Kier alpha value is -2.23. The summed E-state index contributed by atoms with van der Waals surface area (Å²) in [5.41, 5.74) is -0.785. The summed E-state index contributed by atoms with van der Waals surface area (Å²) in [4.78, 5) is 37.7. The standard InChI is InChI=1S/C16H18F3N3O3S/c1-8(15(25)22(2)3)20-13(23)7-12-14(24)21-10-6-9(16(17,18)19)4-5-11(10)26-12/h4-6,8,12H,7H2,1-3H3,(H,20,23)(H,21,24)/t8-,12-/m1/s1. The maximum atomic E-state index is 12.7. The van der Waals surface area contributed by atoms with Gasteiger partial charge in [-0.05, 0) is 25.1 Å². The van der Waals surface area contributed by atoms with E-state index in [1.165, 1.54) is 17.9 Å². The van der Waals surface area contributed by atoms with Crippen molar-refractivity contribution in [3.8, 4) is 0 Å². The fourth-order valence-corrected chi connectivity index (χ4v) is 3.47. The quantitative estimate of drug-likeness (QED) is 0.827. The zero-order valence-corrected chi connectivity index (χ0v) is 15.1. The molecule has 1 heterocycles. The van der Waals surface area contributed by atoms with Gasteiger partial charge in [0.25, 0.3) is 0 Å². The summed E-state index contributed by atoms with van der Waals surface area (Å²) in [7, 11) is 3.11. The third kappa shape index (κ3) is 4.69. The molecule has 0 fully saturated rings. The van der Waals surface area contributed by atoms with Crippen molar-refractivity contribution in [2.75, 3.05) is 19.4 Å². The molecule has 26 heavy (non-hydrogen) atoms. The second-order valence-corrected chi connectivity index (χ2v) is 7.27. The van der Waals surface area contributed by atoms with E-state index in [9.17, 15) is 27.6 Å². The number of nitrogens with zero attached hydrogens (tertiary/aromatic N) is 1. The van der Waals surface area contributed by atoms with Crippen LogP contribution in [0.5, 0.6) is 0 Å². The molecule has 0 bridgehead atoms. The zero-order chi connectivity index (χ0) is 19.6. The van der Waals surface area contributed by atoms with Crippen LogP contribution in [0.3, 0.4) is 0 Å². The molecule has 2 N–H and O–H groups in total. The van der Waals surface area contributed by atoms with E-state index in [-0.39, 0.29) is 18.0 Å². The molecular formula is C16H18F3N3O3S. The molecule has 0 unspecified atom stereocenters. The number of carbonyl (C=O) groups is 3. The van der Waals surface area contributed by atoms with Crippen molar-refractivity contribution in [2.45, 2.75) is 35.7 Å². The Labute approximate surface area is 152 Å². The van der Waals surface area contributed by atoms with Crippen LogP contribution in [0.4, 0.5) is 18.9 Å². The van der Waals surface area contributed by atoms with Crippen molar-refractivity contribution < 1.29 is 27.6 Å². The molecule has 6 nitrogen and oxygen atoms in total. The lowest BCUT2D eigenvalue weighted by Gasteiger charge is -2.25. The molecule has 2 atom stereocenters. The van der Waals surface area contributed by atoms with Gasteiger partial charge in [-0.25, -0.2) is 0 Å². The van der Waals surface area contributed by atoms with Gasteiger partial charge in [0, 0.05) is 25.4 Å². The number of nitrogens with one attached hydrogen (secondary N) is 2. The normalized spacial score (nSPS) is 17.8. The number of carbonyl (C=O) groups excluding carboxylic acids is 3. The summed E-state index contributed by atoms with van der Waals surface area (Å²) >= 11 is 1.02. The molecule has 1 aliphatic rings. The summed E-state index contributed by atoms with van der Waals surface area (Å²) in [6.07, 6.45) is -4.70. The van der Waals surface area contributed by atoms with E-state index in [4.69, 9.17) is 0 Å². The van der Waals surface area contributed by atoms with Crippen LogP contribution in [0.1, 0.15) is 18.9 Å². The number of anilines is 1. The number of hydrogen-bond acceptors (Lipinski definition) is 4. The number of likely N-dealkylation sites (N-methyl/N-ethyl adjacent to an activating group) is 1. The second-order valence-electron chi connectivity index (χ2n) is 6.03. The maximum absolute atomic E-state index is 12.7. The summed E-state index contributed by atoms with van der Waals surface area (Å²) in [6, 6.07) is 2.33. The van der Waals surface area contributed by atoms with Crippen LogP contribution in [-0.4, -0.2) is 48.0 Å². The van der Waals surface area contributed by atoms with Crippen molar-refractivity contribution in [3.05, 3.63) is 23.8 Å². The Bertz CT molecular complexity index is 737. The first-order chi connectivity index (χ1) is 12.0. The molecule has 2 rings (SSSR count). The molecule has 0 saturated heterocycles. The molecule has 0 spiro atoms. The summed E-state index contributed by atoms with van der Waals surface area (Å²) in [5, 5.41) is 4.13. The zero-order valence-electron chi connectivity index (χ0n) is 14.3. The van der Waals surface area contributed by atoms with Gasteiger partial charge in [-0.2, -0.15) is 13.2 Å². The highest BCUT2D eigenvalue weighted by Crippen LogP contribution is 2.40. The van der Waals surface area contributed by atoms with Crippen molar-refractivity contribution in [2.24, 2.45) is 0 Å². The third-order valence-electron chi connectivity index (χ3n) is 3.69. The number of halogens is 3. The predicted octanol–water partition coefficient (Wildman–Crippen LogP) is 2.10.